The van der Waals surface area contributed by atoms with Gasteiger partial charge in [-0.05, 0) is 31.4 Å². The van der Waals surface area contributed by atoms with Crippen LogP contribution in [0.5, 0.6) is 0 Å². The molecule has 1 saturated heterocycles. The first-order valence-electron chi connectivity index (χ1n) is 5.49. The number of rotatable bonds is 2. The van der Waals surface area contributed by atoms with Crippen LogP contribution >= 0.6 is 11.6 Å². The quantitative estimate of drug-likeness (QED) is 0.855. The van der Waals surface area contributed by atoms with Crippen LogP contribution < -0.4 is 10.6 Å². The Morgan fingerprint density at radius 2 is 2.18 bits per heavy atom. The van der Waals surface area contributed by atoms with Crippen molar-refractivity contribution in [2.24, 2.45) is 0 Å². The molecule has 1 unspecified atom stereocenters. The highest BCUT2D eigenvalue weighted by Gasteiger charge is 2.32. The Kier molecular flexibility index (Phi) is 3.35. The van der Waals surface area contributed by atoms with E-state index in [1.54, 1.807) is 7.11 Å². The number of ether oxygens (including phenoxy) is 1. The van der Waals surface area contributed by atoms with Crippen LogP contribution in [0.25, 0.3) is 0 Å². The van der Waals surface area contributed by atoms with Gasteiger partial charge in [-0.1, -0.05) is 0 Å². The second-order valence-corrected chi connectivity index (χ2v) is 4.78. The lowest BCUT2D eigenvalue weighted by molar-refractivity contribution is -0.00499. The summed E-state index contributed by atoms with van der Waals surface area (Å²) in [6, 6.07) is 0. The van der Waals surface area contributed by atoms with Gasteiger partial charge in [-0.2, -0.15) is 15.0 Å². The molecule has 2 N–H and O–H groups in total. The minimum atomic E-state index is -0.174. The van der Waals surface area contributed by atoms with Crippen LogP contribution in [-0.2, 0) is 4.74 Å². The molecule has 1 atom stereocenters. The third kappa shape index (κ3) is 2.76. The second kappa shape index (κ2) is 4.62. The van der Waals surface area contributed by atoms with Gasteiger partial charge in [-0.25, -0.2) is 0 Å². The molecule has 7 heteroatoms. The van der Waals surface area contributed by atoms with Gasteiger partial charge in [0.1, 0.15) is 0 Å². The molecule has 2 rings (SSSR count). The molecular formula is C10H16ClN5O. The summed E-state index contributed by atoms with van der Waals surface area (Å²) < 4.78 is 5.51. The van der Waals surface area contributed by atoms with E-state index < -0.39 is 0 Å². The molecule has 0 radical (unpaired) electrons. The van der Waals surface area contributed by atoms with E-state index in [2.05, 4.69) is 21.9 Å². The number of methoxy groups -OCH3 is 1. The number of hydrogen-bond acceptors (Lipinski definition) is 6. The van der Waals surface area contributed by atoms with Crippen molar-refractivity contribution in [2.75, 3.05) is 30.8 Å². The summed E-state index contributed by atoms with van der Waals surface area (Å²) >= 11 is 5.77. The highest BCUT2D eigenvalue weighted by Crippen LogP contribution is 2.26. The normalized spacial score (nSPS) is 25.0. The summed E-state index contributed by atoms with van der Waals surface area (Å²) in [7, 11) is 1.72. The van der Waals surface area contributed by atoms with E-state index in [0.717, 1.165) is 25.9 Å². The summed E-state index contributed by atoms with van der Waals surface area (Å²) in [4.78, 5) is 14.0. The third-order valence-electron chi connectivity index (χ3n) is 3.05. The molecule has 94 valence electrons. The van der Waals surface area contributed by atoms with Crippen LogP contribution in [0.2, 0.25) is 5.28 Å². The zero-order valence-corrected chi connectivity index (χ0v) is 10.7. The van der Waals surface area contributed by atoms with Crippen molar-refractivity contribution in [3.63, 3.8) is 0 Å². The Hall–Kier alpha value is -1.14. The topological polar surface area (TPSA) is 77.2 Å². The highest BCUT2D eigenvalue weighted by atomic mass is 35.5. The van der Waals surface area contributed by atoms with E-state index in [-0.39, 0.29) is 16.8 Å². The van der Waals surface area contributed by atoms with Crippen LogP contribution in [0.3, 0.4) is 0 Å². The largest absolute Gasteiger partial charge is 0.377 e. The molecule has 1 aliphatic heterocycles. The fourth-order valence-corrected chi connectivity index (χ4v) is 2.20. The first kappa shape index (κ1) is 12.3. The van der Waals surface area contributed by atoms with Gasteiger partial charge in [0.25, 0.3) is 0 Å². The molecule has 1 aromatic heterocycles. The van der Waals surface area contributed by atoms with Crippen molar-refractivity contribution < 1.29 is 4.74 Å². The van der Waals surface area contributed by atoms with Gasteiger partial charge in [0, 0.05) is 20.2 Å². The van der Waals surface area contributed by atoms with Crippen LogP contribution in [-0.4, -0.2) is 40.8 Å². The standard InChI is InChI=1S/C10H16ClN5O/c1-10(17-2)4-3-5-16(6-10)9-14-7(11)13-8(12)15-9/h3-6H2,1-2H3,(H2,12,13,14,15). The minimum absolute atomic E-state index is 0.122. The highest BCUT2D eigenvalue weighted by molar-refractivity contribution is 6.28. The number of anilines is 2. The van der Waals surface area contributed by atoms with Crippen molar-refractivity contribution in [1.29, 1.82) is 0 Å². The van der Waals surface area contributed by atoms with Gasteiger partial charge >= 0.3 is 0 Å². The molecule has 1 aromatic rings. The number of nitrogens with zero attached hydrogens (tertiary/aromatic N) is 4. The molecule has 0 amide bonds. The lowest BCUT2D eigenvalue weighted by atomic mass is 9.95. The SMILES string of the molecule is COC1(C)CCCN(c2nc(N)nc(Cl)n2)C1. The number of nitrogen functional groups attached to an aromatic ring is 1. The second-order valence-electron chi connectivity index (χ2n) is 4.44. The average Bonchev–Trinajstić information content (AvgIpc) is 2.28. The Morgan fingerprint density at radius 1 is 1.41 bits per heavy atom. The van der Waals surface area contributed by atoms with Crippen LogP contribution in [0.15, 0.2) is 0 Å². The smallest absolute Gasteiger partial charge is 0.231 e. The molecule has 1 fully saturated rings. The zero-order chi connectivity index (χ0) is 12.5. The third-order valence-corrected chi connectivity index (χ3v) is 3.22. The van der Waals surface area contributed by atoms with Crippen LogP contribution in [0.4, 0.5) is 11.9 Å². The monoisotopic (exact) mass is 257 g/mol. The molecule has 2 heterocycles. The summed E-state index contributed by atoms with van der Waals surface area (Å²) in [5.74, 6) is 0.662. The average molecular weight is 258 g/mol. The van der Waals surface area contributed by atoms with Crippen molar-refractivity contribution in [3.8, 4) is 0 Å². The fourth-order valence-electron chi connectivity index (χ4n) is 2.04. The zero-order valence-electron chi connectivity index (χ0n) is 9.98. The Bertz CT molecular complexity index is 395. The van der Waals surface area contributed by atoms with Gasteiger partial charge < -0.3 is 15.4 Å². The fraction of sp³-hybridized carbons (Fsp3) is 0.700. The molecule has 0 aromatic carbocycles. The molecule has 0 aliphatic carbocycles. The summed E-state index contributed by atoms with van der Waals surface area (Å²) in [5, 5.41) is 0.122. The Morgan fingerprint density at radius 3 is 2.82 bits per heavy atom. The summed E-state index contributed by atoms with van der Waals surface area (Å²) in [5.41, 5.74) is 5.39. The number of aromatic nitrogens is 3. The predicted octanol–water partition coefficient (Wildman–Crippen LogP) is 1.11. The lowest BCUT2D eigenvalue weighted by Gasteiger charge is -2.39. The molecule has 6 nitrogen and oxygen atoms in total. The van der Waals surface area contributed by atoms with E-state index >= 15 is 0 Å². The number of halogens is 1. The Labute approximate surface area is 105 Å². The maximum absolute atomic E-state index is 5.77. The minimum Gasteiger partial charge on any atom is -0.377 e. The Balaban J connectivity index is 2.21. The van der Waals surface area contributed by atoms with Crippen molar-refractivity contribution in [3.05, 3.63) is 5.28 Å². The van der Waals surface area contributed by atoms with Gasteiger partial charge in [0.2, 0.25) is 17.2 Å². The number of piperidine rings is 1. The summed E-state index contributed by atoms with van der Waals surface area (Å²) in [6.45, 7) is 3.67. The van der Waals surface area contributed by atoms with E-state index in [1.165, 1.54) is 0 Å². The maximum atomic E-state index is 5.77. The van der Waals surface area contributed by atoms with Gasteiger partial charge in [0.15, 0.2) is 0 Å². The molecule has 17 heavy (non-hydrogen) atoms. The molecule has 0 bridgehead atoms. The maximum Gasteiger partial charge on any atom is 0.231 e. The molecule has 0 spiro atoms. The van der Waals surface area contributed by atoms with E-state index in [1.807, 2.05) is 4.90 Å². The first-order chi connectivity index (χ1) is 8.02. The van der Waals surface area contributed by atoms with Crippen molar-refractivity contribution >= 4 is 23.5 Å². The number of nitrogens with two attached hydrogens (primary N) is 1. The predicted molar refractivity (Wildman–Crippen MR) is 66.1 cm³/mol. The van der Waals surface area contributed by atoms with Crippen LogP contribution in [0.1, 0.15) is 19.8 Å². The van der Waals surface area contributed by atoms with E-state index in [4.69, 9.17) is 22.1 Å². The number of hydrogen-bond donors (Lipinski definition) is 1. The summed E-state index contributed by atoms with van der Waals surface area (Å²) in [6.07, 6.45) is 2.04. The molecular weight excluding hydrogens is 242 g/mol. The lowest BCUT2D eigenvalue weighted by Crippen LogP contribution is -2.48. The van der Waals surface area contributed by atoms with Crippen molar-refractivity contribution in [2.45, 2.75) is 25.4 Å². The van der Waals surface area contributed by atoms with Gasteiger partial charge in [0.05, 0.1) is 5.60 Å². The van der Waals surface area contributed by atoms with Gasteiger partial charge in [-0.3, -0.25) is 0 Å². The van der Waals surface area contributed by atoms with E-state index in [9.17, 15) is 0 Å². The molecule has 0 saturated carbocycles. The van der Waals surface area contributed by atoms with E-state index in [0.29, 0.717) is 5.95 Å². The molecule has 1 aliphatic rings. The van der Waals surface area contributed by atoms with Crippen LogP contribution in [0, 0.1) is 0 Å². The van der Waals surface area contributed by atoms with Gasteiger partial charge in [-0.15, -0.1) is 0 Å². The first-order valence-corrected chi connectivity index (χ1v) is 5.87. The van der Waals surface area contributed by atoms with Crippen molar-refractivity contribution in [1.82, 2.24) is 15.0 Å².